The van der Waals surface area contributed by atoms with Crippen molar-refractivity contribution in [3.05, 3.63) is 23.8 Å². The molecule has 1 aliphatic rings. The lowest BCUT2D eigenvalue weighted by molar-refractivity contribution is -0.132. The van der Waals surface area contributed by atoms with Crippen LogP contribution in [-0.4, -0.2) is 25.8 Å². The number of ether oxygens (including phenoxy) is 3. The van der Waals surface area contributed by atoms with Crippen molar-refractivity contribution in [2.24, 2.45) is 5.41 Å². The SMILES string of the molecule is COc1cc([C@H]2NC(=O)OCC2(C)C)ccc1OC(C)=O. The molecule has 6 heteroatoms. The van der Waals surface area contributed by atoms with Crippen molar-refractivity contribution in [2.75, 3.05) is 13.7 Å². The molecule has 0 radical (unpaired) electrons. The standard InChI is InChI=1S/C15H19NO5/c1-9(17)21-11-6-5-10(7-12(11)19-4)13-15(2,3)8-20-14(18)16-13/h5-7,13H,8H2,1-4H3,(H,16,18)/t13-/m1/s1. The Morgan fingerprint density at radius 2 is 2.10 bits per heavy atom. The molecule has 1 aliphatic heterocycles. The lowest BCUT2D eigenvalue weighted by Crippen LogP contribution is -2.46. The van der Waals surface area contributed by atoms with Gasteiger partial charge in [-0.3, -0.25) is 4.79 Å². The minimum Gasteiger partial charge on any atom is -0.493 e. The van der Waals surface area contributed by atoms with Crippen molar-refractivity contribution in [3.63, 3.8) is 0 Å². The topological polar surface area (TPSA) is 73.9 Å². The van der Waals surface area contributed by atoms with E-state index in [-0.39, 0.29) is 11.5 Å². The van der Waals surface area contributed by atoms with Crippen molar-refractivity contribution in [1.29, 1.82) is 0 Å². The first-order chi connectivity index (χ1) is 9.83. The molecule has 0 unspecified atom stereocenters. The van der Waals surface area contributed by atoms with E-state index in [0.29, 0.717) is 18.1 Å². The van der Waals surface area contributed by atoms with E-state index < -0.39 is 12.1 Å². The van der Waals surface area contributed by atoms with Crippen LogP contribution in [0.2, 0.25) is 0 Å². The maximum Gasteiger partial charge on any atom is 0.407 e. The Morgan fingerprint density at radius 3 is 2.71 bits per heavy atom. The zero-order valence-electron chi connectivity index (χ0n) is 12.6. The third-order valence-corrected chi connectivity index (χ3v) is 3.39. The Kier molecular flexibility index (Phi) is 4.06. The highest BCUT2D eigenvalue weighted by Crippen LogP contribution is 2.39. The van der Waals surface area contributed by atoms with Crippen LogP contribution in [-0.2, 0) is 9.53 Å². The number of carbonyl (C=O) groups is 2. The van der Waals surface area contributed by atoms with E-state index in [1.54, 1.807) is 18.2 Å². The van der Waals surface area contributed by atoms with Gasteiger partial charge in [0.15, 0.2) is 11.5 Å². The van der Waals surface area contributed by atoms with Crippen LogP contribution >= 0.6 is 0 Å². The minimum atomic E-state index is -0.442. The average molecular weight is 293 g/mol. The van der Waals surface area contributed by atoms with Crippen molar-refractivity contribution < 1.29 is 23.8 Å². The Hall–Kier alpha value is -2.24. The average Bonchev–Trinajstić information content (AvgIpc) is 2.41. The fourth-order valence-electron chi connectivity index (χ4n) is 2.33. The molecule has 0 saturated carbocycles. The van der Waals surface area contributed by atoms with Gasteiger partial charge in [-0.25, -0.2) is 4.79 Å². The third kappa shape index (κ3) is 3.26. The third-order valence-electron chi connectivity index (χ3n) is 3.39. The number of hydrogen-bond donors (Lipinski definition) is 1. The summed E-state index contributed by atoms with van der Waals surface area (Å²) in [7, 11) is 1.50. The second-order valence-electron chi connectivity index (χ2n) is 5.65. The first-order valence-electron chi connectivity index (χ1n) is 6.63. The second kappa shape index (κ2) is 5.63. The number of nitrogens with one attached hydrogen (secondary N) is 1. The number of rotatable bonds is 3. The fourth-order valence-corrected chi connectivity index (χ4v) is 2.33. The van der Waals surface area contributed by atoms with Crippen LogP contribution in [0.25, 0.3) is 0 Å². The van der Waals surface area contributed by atoms with E-state index >= 15 is 0 Å². The van der Waals surface area contributed by atoms with Crippen molar-refractivity contribution >= 4 is 12.1 Å². The van der Waals surface area contributed by atoms with Crippen LogP contribution in [0.15, 0.2) is 18.2 Å². The Morgan fingerprint density at radius 1 is 1.38 bits per heavy atom. The van der Waals surface area contributed by atoms with E-state index in [4.69, 9.17) is 14.2 Å². The summed E-state index contributed by atoms with van der Waals surface area (Å²) in [5.41, 5.74) is 0.603. The normalized spacial score (nSPS) is 20.2. The van der Waals surface area contributed by atoms with E-state index in [2.05, 4.69) is 5.32 Å². The van der Waals surface area contributed by atoms with Crippen molar-refractivity contribution in [3.8, 4) is 11.5 Å². The van der Waals surface area contributed by atoms with Gasteiger partial charge in [0.1, 0.15) is 6.61 Å². The summed E-state index contributed by atoms with van der Waals surface area (Å²) in [5.74, 6) is 0.380. The molecule has 1 atom stereocenters. The molecule has 1 amide bonds. The number of carbonyl (C=O) groups excluding carboxylic acids is 2. The molecule has 0 spiro atoms. The first-order valence-corrected chi connectivity index (χ1v) is 6.63. The maximum atomic E-state index is 11.5. The number of benzene rings is 1. The molecule has 2 rings (SSSR count). The summed E-state index contributed by atoms with van der Waals surface area (Å²) in [6, 6.07) is 5.02. The summed E-state index contributed by atoms with van der Waals surface area (Å²) in [6.07, 6.45) is -0.442. The van der Waals surface area contributed by atoms with E-state index in [1.807, 2.05) is 13.8 Å². The van der Waals surface area contributed by atoms with Gasteiger partial charge in [-0.15, -0.1) is 0 Å². The first kappa shape index (κ1) is 15.2. The highest BCUT2D eigenvalue weighted by atomic mass is 16.6. The van der Waals surface area contributed by atoms with Crippen LogP contribution in [0.4, 0.5) is 4.79 Å². The van der Waals surface area contributed by atoms with Gasteiger partial charge in [-0.2, -0.15) is 0 Å². The predicted molar refractivity (Wildman–Crippen MR) is 75.3 cm³/mol. The molecule has 1 heterocycles. The summed E-state index contributed by atoms with van der Waals surface area (Å²) < 4.78 is 15.4. The largest absolute Gasteiger partial charge is 0.493 e. The summed E-state index contributed by atoms with van der Waals surface area (Å²) in [5, 5.41) is 2.81. The lowest BCUT2D eigenvalue weighted by Gasteiger charge is -2.38. The second-order valence-corrected chi connectivity index (χ2v) is 5.65. The summed E-state index contributed by atoms with van der Waals surface area (Å²) >= 11 is 0. The summed E-state index contributed by atoms with van der Waals surface area (Å²) in [4.78, 5) is 22.5. The highest BCUT2D eigenvalue weighted by Gasteiger charge is 2.38. The molecular formula is C15H19NO5. The number of esters is 1. The van der Waals surface area contributed by atoms with Gasteiger partial charge < -0.3 is 19.5 Å². The van der Waals surface area contributed by atoms with Gasteiger partial charge in [0, 0.05) is 12.3 Å². The number of alkyl carbamates (subject to hydrolysis) is 1. The van der Waals surface area contributed by atoms with Crippen LogP contribution in [0.3, 0.4) is 0 Å². The zero-order valence-corrected chi connectivity index (χ0v) is 12.6. The van der Waals surface area contributed by atoms with Gasteiger partial charge in [0.05, 0.1) is 13.2 Å². The van der Waals surface area contributed by atoms with Crippen LogP contribution in [0.5, 0.6) is 11.5 Å². The number of amides is 1. The summed E-state index contributed by atoms with van der Waals surface area (Å²) in [6.45, 7) is 5.67. The molecule has 1 aromatic carbocycles. The van der Waals surface area contributed by atoms with Crippen molar-refractivity contribution in [1.82, 2.24) is 5.32 Å². The van der Waals surface area contributed by atoms with Gasteiger partial charge >= 0.3 is 12.1 Å². The van der Waals surface area contributed by atoms with Crippen molar-refractivity contribution in [2.45, 2.75) is 26.8 Å². The van der Waals surface area contributed by atoms with Crippen LogP contribution in [0.1, 0.15) is 32.4 Å². The van der Waals surface area contributed by atoms with Gasteiger partial charge in [0.25, 0.3) is 0 Å². The molecule has 1 fully saturated rings. The number of cyclic esters (lactones) is 1. The van der Waals surface area contributed by atoms with Crippen LogP contribution < -0.4 is 14.8 Å². The minimum absolute atomic E-state index is 0.209. The molecule has 114 valence electrons. The maximum absolute atomic E-state index is 11.5. The quantitative estimate of drug-likeness (QED) is 0.684. The molecule has 1 saturated heterocycles. The molecule has 0 bridgehead atoms. The number of hydrogen-bond acceptors (Lipinski definition) is 5. The monoisotopic (exact) mass is 293 g/mol. The molecule has 1 N–H and O–H groups in total. The molecule has 1 aromatic rings. The Bertz CT molecular complexity index is 567. The Balaban J connectivity index is 2.35. The zero-order chi connectivity index (χ0) is 15.6. The van der Waals surface area contributed by atoms with E-state index in [1.165, 1.54) is 14.0 Å². The van der Waals surface area contributed by atoms with Crippen LogP contribution in [0, 0.1) is 5.41 Å². The van der Waals surface area contributed by atoms with Gasteiger partial charge in [-0.1, -0.05) is 19.9 Å². The van der Waals surface area contributed by atoms with E-state index in [9.17, 15) is 9.59 Å². The molecule has 21 heavy (non-hydrogen) atoms. The molecule has 6 nitrogen and oxygen atoms in total. The molecule has 0 aromatic heterocycles. The predicted octanol–water partition coefficient (Wildman–Crippen LogP) is 2.43. The number of methoxy groups -OCH3 is 1. The van der Waals surface area contributed by atoms with Gasteiger partial charge in [-0.05, 0) is 17.7 Å². The van der Waals surface area contributed by atoms with Gasteiger partial charge in [0.2, 0.25) is 0 Å². The highest BCUT2D eigenvalue weighted by molar-refractivity contribution is 5.71. The molecule has 0 aliphatic carbocycles. The smallest absolute Gasteiger partial charge is 0.407 e. The fraction of sp³-hybridized carbons (Fsp3) is 0.467. The Labute approximate surface area is 123 Å². The van der Waals surface area contributed by atoms with E-state index in [0.717, 1.165) is 5.56 Å². The lowest BCUT2D eigenvalue weighted by atomic mass is 9.80. The molecular weight excluding hydrogens is 274 g/mol.